The van der Waals surface area contributed by atoms with Crippen LogP contribution in [0.5, 0.6) is 0 Å². The maximum atomic E-state index is 13.4. The molecule has 1 heterocycles. The molecule has 2 aliphatic rings. The minimum atomic E-state index is -0.923. The van der Waals surface area contributed by atoms with Gasteiger partial charge in [-0.25, -0.2) is 8.78 Å². The van der Waals surface area contributed by atoms with E-state index in [1.807, 2.05) is 0 Å². The van der Waals surface area contributed by atoms with Gasteiger partial charge in [0.25, 0.3) is 5.91 Å². The van der Waals surface area contributed by atoms with Crippen LogP contribution in [-0.2, 0) is 0 Å². The number of anilines is 1. The Morgan fingerprint density at radius 1 is 1.25 bits per heavy atom. The molecule has 3 unspecified atom stereocenters. The summed E-state index contributed by atoms with van der Waals surface area (Å²) in [6.07, 6.45) is 1.28. The fraction of sp³-hybridized carbons (Fsp3) is 0.500. The number of amides is 1. The lowest BCUT2D eigenvalue weighted by Gasteiger charge is -2.18. The molecule has 1 aromatic rings. The average molecular weight is 282 g/mol. The Morgan fingerprint density at radius 2 is 1.90 bits per heavy atom. The molecule has 0 bridgehead atoms. The first-order valence-corrected chi connectivity index (χ1v) is 6.69. The van der Waals surface area contributed by atoms with E-state index < -0.39 is 23.2 Å². The Hall–Kier alpha value is -1.69. The zero-order chi connectivity index (χ0) is 14.4. The van der Waals surface area contributed by atoms with E-state index >= 15 is 0 Å². The van der Waals surface area contributed by atoms with Crippen molar-refractivity contribution in [2.45, 2.75) is 18.9 Å². The second-order valence-electron chi connectivity index (χ2n) is 5.63. The van der Waals surface area contributed by atoms with E-state index in [-0.39, 0.29) is 23.5 Å². The van der Waals surface area contributed by atoms with E-state index in [1.165, 1.54) is 0 Å². The molecule has 3 atom stereocenters. The molecule has 1 amide bonds. The van der Waals surface area contributed by atoms with Crippen LogP contribution in [0.15, 0.2) is 12.1 Å². The second-order valence-corrected chi connectivity index (χ2v) is 5.63. The number of halogens is 2. The highest BCUT2D eigenvalue weighted by molar-refractivity contribution is 5.94. The lowest BCUT2D eigenvalue weighted by atomic mass is 10.00. The predicted octanol–water partition coefficient (Wildman–Crippen LogP) is 1.39. The molecule has 1 aliphatic heterocycles. The number of carbonyl (C=O) groups is 1. The number of hydrogen-bond donors (Lipinski definition) is 2. The van der Waals surface area contributed by atoms with Gasteiger partial charge in [-0.2, -0.15) is 0 Å². The molecule has 3 N–H and O–H groups in total. The minimum absolute atomic E-state index is 0.0383. The Labute approximate surface area is 115 Å². The number of benzene rings is 1. The van der Waals surface area contributed by atoms with Gasteiger partial charge in [-0.1, -0.05) is 0 Å². The molecule has 0 radical (unpaired) electrons. The molecule has 1 aromatic carbocycles. The molecule has 6 heteroatoms. The molecular formula is C14H16F2N2O2. The third-order valence-electron chi connectivity index (χ3n) is 4.43. The lowest BCUT2D eigenvalue weighted by molar-refractivity contribution is 0.0751. The summed E-state index contributed by atoms with van der Waals surface area (Å²) in [6, 6.07) is 1.93. The van der Waals surface area contributed by atoms with Crippen molar-refractivity contribution in [3.05, 3.63) is 29.3 Å². The molecule has 1 aliphatic carbocycles. The van der Waals surface area contributed by atoms with E-state index in [0.29, 0.717) is 13.1 Å². The molecule has 4 nitrogen and oxygen atoms in total. The fourth-order valence-corrected chi connectivity index (χ4v) is 3.29. The van der Waals surface area contributed by atoms with Gasteiger partial charge in [0.2, 0.25) is 0 Å². The summed E-state index contributed by atoms with van der Waals surface area (Å²) in [5, 5.41) is 9.82. The van der Waals surface area contributed by atoms with Gasteiger partial charge in [-0.05, 0) is 30.9 Å². The highest BCUT2D eigenvalue weighted by atomic mass is 19.1. The normalized spacial score (nSPS) is 28.8. The Morgan fingerprint density at radius 3 is 2.50 bits per heavy atom. The minimum Gasteiger partial charge on any atom is -0.394 e. The van der Waals surface area contributed by atoms with Crippen LogP contribution in [0.25, 0.3) is 0 Å². The molecule has 1 saturated carbocycles. The van der Waals surface area contributed by atoms with Crippen molar-refractivity contribution in [2.24, 2.45) is 11.8 Å². The number of nitrogens with zero attached hydrogens (tertiary/aromatic N) is 1. The summed E-state index contributed by atoms with van der Waals surface area (Å²) < 4.78 is 26.8. The van der Waals surface area contributed by atoms with Crippen LogP contribution in [0.2, 0.25) is 0 Å². The van der Waals surface area contributed by atoms with Gasteiger partial charge in [0.1, 0.15) is 17.3 Å². The van der Waals surface area contributed by atoms with Gasteiger partial charge < -0.3 is 15.7 Å². The van der Waals surface area contributed by atoms with E-state index in [4.69, 9.17) is 5.73 Å². The van der Waals surface area contributed by atoms with Crippen molar-refractivity contribution in [3.63, 3.8) is 0 Å². The monoisotopic (exact) mass is 282 g/mol. The molecular weight excluding hydrogens is 266 g/mol. The number of rotatable bonds is 1. The first kappa shape index (κ1) is 13.3. The van der Waals surface area contributed by atoms with Gasteiger partial charge in [0, 0.05) is 24.6 Å². The number of fused-ring (bicyclic) bond motifs is 1. The first-order chi connectivity index (χ1) is 9.47. The summed E-state index contributed by atoms with van der Waals surface area (Å²) in [6.45, 7) is 0.979. The van der Waals surface area contributed by atoms with E-state index in [0.717, 1.165) is 25.0 Å². The van der Waals surface area contributed by atoms with Gasteiger partial charge in [-0.15, -0.1) is 0 Å². The largest absolute Gasteiger partial charge is 0.394 e. The van der Waals surface area contributed by atoms with Crippen molar-refractivity contribution in [2.75, 3.05) is 18.8 Å². The summed E-state index contributed by atoms with van der Waals surface area (Å²) in [5.74, 6) is -1.88. The Balaban J connectivity index is 1.81. The second kappa shape index (κ2) is 4.70. The predicted molar refractivity (Wildman–Crippen MR) is 68.9 cm³/mol. The van der Waals surface area contributed by atoms with E-state index in [1.54, 1.807) is 4.90 Å². The van der Waals surface area contributed by atoms with Crippen LogP contribution >= 0.6 is 0 Å². The van der Waals surface area contributed by atoms with Crippen LogP contribution in [0.4, 0.5) is 14.5 Å². The number of nitrogens with two attached hydrogens (primary N) is 1. The molecule has 108 valence electrons. The van der Waals surface area contributed by atoms with Crippen molar-refractivity contribution in [3.8, 4) is 0 Å². The average Bonchev–Trinajstić information content (AvgIpc) is 2.97. The standard InChI is InChI=1S/C14H16F2N2O2/c15-10-3-8(4-11(16)13(10)17)14(20)18-5-7-1-2-12(19)9(7)6-18/h3-4,7,9,12,19H,1-2,5-6,17H2. The van der Waals surface area contributed by atoms with Gasteiger partial charge in [-0.3, -0.25) is 4.79 Å². The molecule has 2 fully saturated rings. The number of hydrogen-bond acceptors (Lipinski definition) is 3. The number of likely N-dealkylation sites (tertiary alicyclic amines) is 1. The van der Waals surface area contributed by atoms with Crippen LogP contribution in [0.1, 0.15) is 23.2 Å². The van der Waals surface area contributed by atoms with Gasteiger partial charge in [0.05, 0.1) is 6.10 Å². The number of aliphatic hydroxyl groups excluding tert-OH is 1. The summed E-state index contributed by atoms with van der Waals surface area (Å²) >= 11 is 0. The third kappa shape index (κ3) is 2.04. The smallest absolute Gasteiger partial charge is 0.254 e. The molecule has 3 rings (SSSR count). The maximum Gasteiger partial charge on any atom is 0.254 e. The SMILES string of the molecule is Nc1c(F)cc(C(=O)N2CC3CCC(O)C3C2)cc1F. The van der Waals surface area contributed by atoms with Crippen LogP contribution in [0, 0.1) is 23.5 Å². The van der Waals surface area contributed by atoms with E-state index in [9.17, 15) is 18.7 Å². The van der Waals surface area contributed by atoms with Crippen LogP contribution in [-0.4, -0.2) is 35.1 Å². The maximum absolute atomic E-state index is 13.4. The fourth-order valence-electron chi connectivity index (χ4n) is 3.29. The number of aliphatic hydroxyl groups is 1. The van der Waals surface area contributed by atoms with Gasteiger partial charge >= 0.3 is 0 Å². The number of nitrogen functional groups attached to an aromatic ring is 1. The quantitative estimate of drug-likeness (QED) is 0.765. The third-order valence-corrected chi connectivity index (χ3v) is 4.43. The Kier molecular flexibility index (Phi) is 3.12. The summed E-state index contributed by atoms with van der Waals surface area (Å²) in [4.78, 5) is 13.8. The summed E-state index contributed by atoms with van der Waals surface area (Å²) in [5.41, 5.74) is 4.58. The van der Waals surface area contributed by atoms with Crippen molar-refractivity contribution >= 4 is 11.6 Å². The zero-order valence-corrected chi connectivity index (χ0v) is 10.9. The molecule has 20 heavy (non-hydrogen) atoms. The van der Waals surface area contributed by atoms with Crippen molar-refractivity contribution < 1.29 is 18.7 Å². The highest BCUT2D eigenvalue weighted by Gasteiger charge is 2.43. The van der Waals surface area contributed by atoms with Gasteiger partial charge in [0.15, 0.2) is 0 Å². The van der Waals surface area contributed by atoms with Crippen LogP contribution in [0.3, 0.4) is 0 Å². The molecule has 0 aromatic heterocycles. The molecule has 1 saturated heterocycles. The van der Waals surface area contributed by atoms with Crippen molar-refractivity contribution in [1.29, 1.82) is 0 Å². The molecule has 0 spiro atoms. The summed E-state index contributed by atoms with van der Waals surface area (Å²) in [7, 11) is 0. The zero-order valence-electron chi connectivity index (χ0n) is 10.9. The van der Waals surface area contributed by atoms with Crippen LogP contribution < -0.4 is 5.73 Å². The topological polar surface area (TPSA) is 66.6 Å². The Bertz CT molecular complexity index is 541. The van der Waals surface area contributed by atoms with E-state index in [2.05, 4.69) is 0 Å². The lowest BCUT2D eigenvalue weighted by Crippen LogP contribution is -2.31. The highest BCUT2D eigenvalue weighted by Crippen LogP contribution is 2.38. The first-order valence-electron chi connectivity index (χ1n) is 6.69. The van der Waals surface area contributed by atoms with Crippen molar-refractivity contribution in [1.82, 2.24) is 4.90 Å². The number of carbonyl (C=O) groups excluding carboxylic acids is 1.